The van der Waals surface area contributed by atoms with E-state index in [1.807, 2.05) is 6.08 Å². The largest absolute Gasteiger partial charge is 0.392 e. The zero-order valence-corrected chi connectivity index (χ0v) is 7.18. The molecule has 0 amide bonds. The first kappa shape index (κ1) is 9.20. The van der Waals surface area contributed by atoms with E-state index in [4.69, 9.17) is 5.11 Å². The molecule has 1 nitrogen and oxygen atoms in total. The molecule has 0 aliphatic heterocycles. The Morgan fingerprint density at radius 2 is 2.50 bits per heavy atom. The van der Waals surface area contributed by atoms with Gasteiger partial charge in [-0.3, -0.25) is 0 Å². The van der Waals surface area contributed by atoms with Crippen molar-refractivity contribution in [1.82, 2.24) is 0 Å². The molecule has 12 heavy (non-hydrogen) atoms. The lowest BCUT2D eigenvalue weighted by Gasteiger charge is -2.05. The van der Waals surface area contributed by atoms with Crippen LogP contribution < -0.4 is 0 Å². The molecule has 0 heterocycles. The summed E-state index contributed by atoms with van der Waals surface area (Å²) in [7, 11) is 0. The normalized spacial score (nSPS) is 18.8. The van der Waals surface area contributed by atoms with Gasteiger partial charge in [0.1, 0.15) is 5.83 Å². The minimum absolute atomic E-state index is 0.00931. The predicted octanol–water partition coefficient (Wildman–Crippen LogP) is 2.50. The lowest BCUT2D eigenvalue weighted by Crippen LogP contribution is -1.90. The maximum atomic E-state index is 13.0. The summed E-state index contributed by atoms with van der Waals surface area (Å²) in [6.45, 7) is 1.77. The Bertz CT molecular complexity index is 249. The summed E-state index contributed by atoms with van der Waals surface area (Å²) in [5, 5.41) is 8.71. The van der Waals surface area contributed by atoms with Gasteiger partial charge in [-0.05, 0) is 18.9 Å². The van der Waals surface area contributed by atoms with Crippen LogP contribution in [0, 0.1) is 0 Å². The first-order valence-electron chi connectivity index (χ1n) is 4.07. The molecule has 0 saturated carbocycles. The van der Waals surface area contributed by atoms with E-state index in [0.29, 0.717) is 12.0 Å². The van der Waals surface area contributed by atoms with Crippen molar-refractivity contribution in [3.63, 3.8) is 0 Å². The van der Waals surface area contributed by atoms with Crippen LogP contribution in [0.5, 0.6) is 0 Å². The number of halogens is 1. The molecular formula is C10H13FO. The summed E-state index contributed by atoms with van der Waals surface area (Å²) in [5.74, 6) is -0.0784. The van der Waals surface area contributed by atoms with Gasteiger partial charge in [0.25, 0.3) is 0 Å². The molecule has 0 aromatic heterocycles. The molecule has 1 aliphatic rings. The van der Waals surface area contributed by atoms with Crippen molar-refractivity contribution in [3.8, 4) is 0 Å². The Hall–Kier alpha value is -0.890. The summed E-state index contributed by atoms with van der Waals surface area (Å²) in [6, 6.07) is 0. The van der Waals surface area contributed by atoms with E-state index in [9.17, 15) is 4.39 Å². The highest BCUT2D eigenvalue weighted by atomic mass is 19.1. The molecule has 2 heteroatoms. The first-order valence-corrected chi connectivity index (χ1v) is 4.07. The summed E-state index contributed by atoms with van der Waals surface area (Å²) in [6.07, 6.45) is 6.66. The minimum Gasteiger partial charge on any atom is -0.392 e. The topological polar surface area (TPSA) is 20.2 Å². The average molecular weight is 168 g/mol. The molecule has 0 atom stereocenters. The van der Waals surface area contributed by atoms with Crippen molar-refractivity contribution in [3.05, 3.63) is 35.2 Å². The summed E-state index contributed by atoms with van der Waals surface area (Å²) < 4.78 is 13.0. The van der Waals surface area contributed by atoms with Crippen LogP contribution in [0.3, 0.4) is 0 Å². The maximum Gasteiger partial charge on any atom is 0.107 e. The van der Waals surface area contributed by atoms with Gasteiger partial charge in [-0.25, -0.2) is 4.39 Å². The zero-order chi connectivity index (χ0) is 8.97. The molecule has 0 radical (unpaired) electrons. The fraction of sp³-hybridized carbons (Fsp3) is 0.400. The van der Waals surface area contributed by atoms with Crippen LogP contribution in [0.4, 0.5) is 4.39 Å². The van der Waals surface area contributed by atoms with Gasteiger partial charge < -0.3 is 5.11 Å². The Morgan fingerprint density at radius 1 is 1.75 bits per heavy atom. The van der Waals surface area contributed by atoms with Crippen molar-refractivity contribution in [2.45, 2.75) is 19.8 Å². The number of aliphatic hydroxyl groups is 1. The molecule has 1 N–H and O–H groups in total. The van der Waals surface area contributed by atoms with Crippen LogP contribution >= 0.6 is 0 Å². The van der Waals surface area contributed by atoms with Crippen molar-refractivity contribution >= 4 is 0 Å². The number of allylic oxidation sites excluding steroid dienone is 5. The van der Waals surface area contributed by atoms with Crippen LogP contribution in [0.25, 0.3) is 0 Å². The molecule has 66 valence electrons. The number of rotatable bonds is 2. The van der Waals surface area contributed by atoms with E-state index in [2.05, 4.69) is 0 Å². The predicted molar refractivity (Wildman–Crippen MR) is 47.4 cm³/mol. The molecule has 1 aliphatic carbocycles. The standard InChI is InChI=1S/C10H13FO/c1-8(7-12)6-9-4-2-3-5-10(9)11/h2,4,6,12H,3,5,7H2,1H3. The van der Waals surface area contributed by atoms with E-state index in [1.54, 1.807) is 19.1 Å². The van der Waals surface area contributed by atoms with Crippen LogP contribution in [-0.2, 0) is 0 Å². The molecule has 0 spiro atoms. The molecule has 0 unspecified atom stereocenters. The van der Waals surface area contributed by atoms with E-state index in [-0.39, 0.29) is 12.4 Å². The highest BCUT2D eigenvalue weighted by molar-refractivity contribution is 5.37. The van der Waals surface area contributed by atoms with Crippen LogP contribution in [0.2, 0.25) is 0 Å². The van der Waals surface area contributed by atoms with E-state index >= 15 is 0 Å². The summed E-state index contributed by atoms with van der Waals surface area (Å²) in [5.41, 5.74) is 1.39. The van der Waals surface area contributed by atoms with Crippen molar-refractivity contribution < 1.29 is 9.50 Å². The second-order valence-electron chi connectivity index (χ2n) is 2.95. The highest BCUT2D eigenvalue weighted by Crippen LogP contribution is 2.21. The van der Waals surface area contributed by atoms with Gasteiger partial charge in [0.15, 0.2) is 0 Å². The second-order valence-corrected chi connectivity index (χ2v) is 2.95. The lowest BCUT2D eigenvalue weighted by atomic mass is 10.0. The Balaban J connectivity index is 2.80. The quantitative estimate of drug-likeness (QED) is 0.671. The Labute approximate surface area is 71.9 Å². The van der Waals surface area contributed by atoms with Gasteiger partial charge in [-0.15, -0.1) is 0 Å². The number of hydrogen-bond acceptors (Lipinski definition) is 1. The van der Waals surface area contributed by atoms with Crippen LogP contribution in [0.15, 0.2) is 35.2 Å². The van der Waals surface area contributed by atoms with E-state index in [0.717, 1.165) is 12.0 Å². The molecular weight excluding hydrogens is 155 g/mol. The molecule has 0 aromatic rings. The van der Waals surface area contributed by atoms with E-state index in [1.165, 1.54) is 0 Å². The molecule has 0 saturated heterocycles. The molecule has 0 fully saturated rings. The molecule has 1 rings (SSSR count). The maximum absolute atomic E-state index is 13.0. The highest BCUT2D eigenvalue weighted by Gasteiger charge is 2.04. The lowest BCUT2D eigenvalue weighted by molar-refractivity contribution is 0.331. The molecule has 0 aromatic carbocycles. The number of hydrogen-bond donors (Lipinski definition) is 1. The van der Waals surface area contributed by atoms with Gasteiger partial charge in [0, 0.05) is 12.0 Å². The second kappa shape index (κ2) is 4.21. The van der Waals surface area contributed by atoms with Gasteiger partial charge in [-0.1, -0.05) is 18.2 Å². The average Bonchev–Trinajstić information content (AvgIpc) is 2.09. The van der Waals surface area contributed by atoms with Crippen molar-refractivity contribution in [2.24, 2.45) is 0 Å². The Morgan fingerprint density at radius 3 is 3.08 bits per heavy atom. The van der Waals surface area contributed by atoms with Gasteiger partial charge >= 0.3 is 0 Å². The summed E-state index contributed by atoms with van der Waals surface area (Å²) >= 11 is 0. The third-order valence-electron chi connectivity index (χ3n) is 1.79. The SMILES string of the molecule is CC(=CC1=C(F)CCC=C1)CO. The smallest absolute Gasteiger partial charge is 0.107 e. The monoisotopic (exact) mass is 168 g/mol. The third kappa shape index (κ3) is 2.31. The van der Waals surface area contributed by atoms with Crippen molar-refractivity contribution in [2.75, 3.05) is 6.61 Å². The third-order valence-corrected chi connectivity index (χ3v) is 1.79. The fourth-order valence-corrected chi connectivity index (χ4v) is 1.09. The van der Waals surface area contributed by atoms with Gasteiger partial charge in [0.05, 0.1) is 6.61 Å². The fourth-order valence-electron chi connectivity index (χ4n) is 1.09. The Kier molecular flexibility index (Phi) is 3.23. The van der Waals surface area contributed by atoms with Crippen molar-refractivity contribution in [1.29, 1.82) is 0 Å². The van der Waals surface area contributed by atoms with Crippen LogP contribution in [0.1, 0.15) is 19.8 Å². The summed E-state index contributed by atoms with van der Waals surface area (Å²) in [4.78, 5) is 0. The molecule has 0 bridgehead atoms. The van der Waals surface area contributed by atoms with Gasteiger partial charge in [-0.2, -0.15) is 0 Å². The minimum atomic E-state index is -0.0784. The van der Waals surface area contributed by atoms with Crippen LogP contribution in [-0.4, -0.2) is 11.7 Å². The van der Waals surface area contributed by atoms with Gasteiger partial charge in [0.2, 0.25) is 0 Å². The number of aliphatic hydroxyl groups excluding tert-OH is 1. The van der Waals surface area contributed by atoms with E-state index < -0.39 is 0 Å². The zero-order valence-electron chi connectivity index (χ0n) is 7.18. The first-order chi connectivity index (χ1) is 5.74.